The van der Waals surface area contributed by atoms with Gasteiger partial charge in [-0.15, -0.1) is 0 Å². The van der Waals surface area contributed by atoms with E-state index in [9.17, 15) is 4.79 Å². The average Bonchev–Trinajstić information content (AvgIpc) is 2.56. The molecule has 0 saturated heterocycles. The van der Waals surface area contributed by atoms with E-state index in [0.29, 0.717) is 35.4 Å². The van der Waals surface area contributed by atoms with E-state index < -0.39 is 0 Å². The predicted octanol–water partition coefficient (Wildman–Crippen LogP) is 5.10. The third-order valence-electron chi connectivity index (χ3n) is 5.04. The van der Waals surface area contributed by atoms with Gasteiger partial charge in [0.2, 0.25) is 0 Å². The Morgan fingerprint density at radius 2 is 1.62 bits per heavy atom. The van der Waals surface area contributed by atoms with Crippen LogP contribution in [-0.4, -0.2) is 62.2 Å². The largest absolute Gasteiger partial charge is 0.493 e. The molecule has 0 aliphatic rings. The maximum absolute atomic E-state index is 12.9. The van der Waals surface area contributed by atoms with Crippen molar-refractivity contribution in [3.63, 3.8) is 0 Å². The van der Waals surface area contributed by atoms with E-state index in [1.165, 1.54) is 11.1 Å². The van der Waals surface area contributed by atoms with Crippen LogP contribution in [0.15, 0.2) is 18.2 Å². The van der Waals surface area contributed by atoms with Crippen LogP contribution >= 0.6 is 0 Å². The van der Waals surface area contributed by atoms with Gasteiger partial charge in [-0.25, -0.2) is 0 Å². The highest BCUT2D eigenvalue weighted by atomic mass is 16.5. The molecule has 166 valence electrons. The molecular formula is C25H45N2O2+. The molecule has 0 atom stereocenters. The fourth-order valence-corrected chi connectivity index (χ4v) is 3.62. The normalized spacial score (nSPS) is 12.1. The molecule has 0 fully saturated rings. The zero-order chi connectivity index (χ0) is 22.2. The number of likely N-dealkylation sites (N-methyl/N-ethyl adjacent to an activating group) is 1. The van der Waals surface area contributed by atoms with Crippen LogP contribution in [0.1, 0.15) is 65.0 Å². The zero-order valence-electron chi connectivity index (χ0n) is 20.4. The van der Waals surface area contributed by atoms with Crippen molar-refractivity contribution in [3.8, 4) is 5.75 Å². The summed E-state index contributed by atoms with van der Waals surface area (Å²) in [6, 6.07) is 6.45. The summed E-state index contributed by atoms with van der Waals surface area (Å²) in [4.78, 5) is 15.0. The standard InChI is InChI=1S/C25H45N2O2/c1-19(2)16-26(17-20(3)4)25(28)18-27(8,9)13-10-14-29-24-15-22(7)11-12-23(24)21(5)6/h11-12,15,19-21H,10,13-14,16-18H2,1-9H3/q+1. The quantitative estimate of drug-likeness (QED) is 0.357. The second-order valence-corrected chi connectivity index (χ2v) is 10.3. The summed E-state index contributed by atoms with van der Waals surface area (Å²) >= 11 is 0. The average molecular weight is 406 g/mol. The highest BCUT2D eigenvalue weighted by Crippen LogP contribution is 2.27. The smallest absolute Gasteiger partial charge is 0.277 e. The van der Waals surface area contributed by atoms with Crippen molar-refractivity contribution in [2.45, 2.75) is 60.8 Å². The molecule has 1 aromatic carbocycles. The Labute approximate surface area is 179 Å². The molecule has 1 amide bonds. The van der Waals surface area contributed by atoms with Crippen LogP contribution in [0.3, 0.4) is 0 Å². The molecule has 1 rings (SSSR count). The first kappa shape index (κ1) is 25.5. The van der Waals surface area contributed by atoms with E-state index in [1.54, 1.807) is 0 Å². The Kier molecular flexibility index (Phi) is 10.2. The van der Waals surface area contributed by atoms with Crippen LogP contribution in [-0.2, 0) is 4.79 Å². The summed E-state index contributed by atoms with van der Waals surface area (Å²) in [5, 5.41) is 0. The first-order valence-corrected chi connectivity index (χ1v) is 11.2. The van der Waals surface area contributed by atoms with E-state index in [-0.39, 0.29) is 5.91 Å². The minimum absolute atomic E-state index is 0.263. The molecule has 0 unspecified atom stereocenters. The van der Waals surface area contributed by atoms with Crippen LogP contribution in [0.2, 0.25) is 0 Å². The summed E-state index contributed by atoms with van der Waals surface area (Å²) in [5.41, 5.74) is 2.49. The fraction of sp³-hybridized carbons (Fsp3) is 0.720. The minimum Gasteiger partial charge on any atom is -0.493 e. The number of carbonyl (C=O) groups is 1. The summed E-state index contributed by atoms with van der Waals surface area (Å²) in [5.74, 6) is 2.70. The summed E-state index contributed by atoms with van der Waals surface area (Å²) in [7, 11) is 4.29. The van der Waals surface area contributed by atoms with E-state index in [2.05, 4.69) is 80.8 Å². The molecular weight excluding hydrogens is 360 g/mol. The number of nitrogens with zero attached hydrogens (tertiary/aromatic N) is 2. The zero-order valence-corrected chi connectivity index (χ0v) is 20.4. The fourth-order valence-electron chi connectivity index (χ4n) is 3.62. The van der Waals surface area contributed by atoms with Gasteiger partial charge in [-0.05, 0) is 41.9 Å². The monoisotopic (exact) mass is 405 g/mol. The lowest BCUT2D eigenvalue weighted by Crippen LogP contribution is -2.50. The highest BCUT2D eigenvalue weighted by molar-refractivity contribution is 5.77. The van der Waals surface area contributed by atoms with Gasteiger partial charge in [-0.2, -0.15) is 0 Å². The SMILES string of the molecule is Cc1ccc(C(C)C)c(OCCC[N+](C)(C)CC(=O)N(CC(C)C)CC(C)C)c1. The molecule has 4 nitrogen and oxygen atoms in total. The molecule has 4 heteroatoms. The van der Waals surface area contributed by atoms with Gasteiger partial charge in [0.1, 0.15) is 5.75 Å². The topological polar surface area (TPSA) is 29.5 Å². The Hall–Kier alpha value is -1.55. The molecule has 29 heavy (non-hydrogen) atoms. The van der Waals surface area contributed by atoms with Gasteiger partial charge in [-0.1, -0.05) is 53.7 Å². The maximum Gasteiger partial charge on any atom is 0.277 e. The number of ether oxygens (including phenoxy) is 1. The van der Waals surface area contributed by atoms with Crippen LogP contribution in [0.25, 0.3) is 0 Å². The lowest BCUT2D eigenvalue weighted by Gasteiger charge is -2.33. The molecule has 0 aromatic heterocycles. The van der Waals surface area contributed by atoms with Crippen molar-refractivity contribution < 1.29 is 14.0 Å². The Morgan fingerprint density at radius 1 is 1.03 bits per heavy atom. The molecule has 0 bridgehead atoms. The van der Waals surface area contributed by atoms with Crippen molar-refractivity contribution in [3.05, 3.63) is 29.3 Å². The molecule has 0 N–H and O–H groups in total. The van der Waals surface area contributed by atoms with Gasteiger partial charge in [0.15, 0.2) is 6.54 Å². The number of quaternary nitrogens is 1. The van der Waals surface area contributed by atoms with Gasteiger partial charge in [0.05, 0.1) is 27.2 Å². The van der Waals surface area contributed by atoms with E-state index in [0.717, 1.165) is 31.8 Å². The minimum atomic E-state index is 0.263. The Bertz CT molecular complexity index is 626. The van der Waals surface area contributed by atoms with Gasteiger partial charge in [-0.3, -0.25) is 4.79 Å². The lowest BCUT2D eigenvalue weighted by atomic mass is 10.0. The van der Waals surface area contributed by atoms with Crippen LogP contribution < -0.4 is 4.74 Å². The van der Waals surface area contributed by atoms with Crippen molar-refractivity contribution in [2.75, 3.05) is 46.9 Å². The second kappa shape index (κ2) is 11.6. The first-order chi connectivity index (χ1) is 13.4. The third kappa shape index (κ3) is 9.66. The predicted molar refractivity (Wildman–Crippen MR) is 123 cm³/mol. The molecule has 0 radical (unpaired) electrons. The summed E-state index contributed by atoms with van der Waals surface area (Å²) < 4.78 is 6.82. The maximum atomic E-state index is 12.9. The van der Waals surface area contributed by atoms with E-state index in [4.69, 9.17) is 4.74 Å². The molecule has 0 spiro atoms. The number of carbonyl (C=O) groups excluding carboxylic acids is 1. The molecule has 0 aliphatic heterocycles. The number of benzene rings is 1. The van der Waals surface area contributed by atoms with Crippen molar-refractivity contribution in [2.24, 2.45) is 11.8 Å². The highest BCUT2D eigenvalue weighted by Gasteiger charge is 2.25. The second-order valence-electron chi connectivity index (χ2n) is 10.3. The number of amides is 1. The van der Waals surface area contributed by atoms with E-state index >= 15 is 0 Å². The number of hydrogen-bond acceptors (Lipinski definition) is 2. The first-order valence-electron chi connectivity index (χ1n) is 11.2. The van der Waals surface area contributed by atoms with Gasteiger partial charge >= 0.3 is 0 Å². The number of rotatable bonds is 12. The Balaban J connectivity index is 2.58. The van der Waals surface area contributed by atoms with Crippen LogP contribution in [0.4, 0.5) is 0 Å². The molecule has 0 aliphatic carbocycles. The summed E-state index contributed by atoms with van der Waals surface area (Å²) in [6.45, 7) is 19.0. The molecule has 0 saturated carbocycles. The number of aryl methyl sites for hydroxylation is 1. The molecule has 1 aromatic rings. The van der Waals surface area contributed by atoms with Gasteiger partial charge in [0.25, 0.3) is 5.91 Å². The Morgan fingerprint density at radius 3 is 2.14 bits per heavy atom. The van der Waals surface area contributed by atoms with E-state index in [1.807, 2.05) is 4.90 Å². The van der Waals surface area contributed by atoms with Crippen LogP contribution in [0, 0.1) is 18.8 Å². The lowest BCUT2D eigenvalue weighted by molar-refractivity contribution is -0.882. The number of hydrogen-bond donors (Lipinski definition) is 0. The third-order valence-corrected chi connectivity index (χ3v) is 5.04. The van der Waals surface area contributed by atoms with Crippen molar-refractivity contribution in [1.82, 2.24) is 4.90 Å². The van der Waals surface area contributed by atoms with Gasteiger partial charge < -0.3 is 14.1 Å². The van der Waals surface area contributed by atoms with Gasteiger partial charge in [0, 0.05) is 19.5 Å². The summed E-state index contributed by atoms with van der Waals surface area (Å²) in [6.07, 6.45) is 0.931. The van der Waals surface area contributed by atoms with Crippen molar-refractivity contribution in [1.29, 1.82) is 0 Å². The van der Waals surface area contributed by atoms with Crippen LogP contribution in [0.5, 0.6) is 5.75 Å². The molecule has 0 heterocycles. The van der Waals surface area contributed by atoms with Crippen molar-refractivity contribution >= 4 is 5.91 Å².